The number of hydrogen-bond donors (Lipinski definition) is 2. The molecular formula is C10H19BrN2O2. The van der Waals surface area contributed by atoms with E-state index in [9.17, 15) is 9.59 Å². The van der Waals surface area contributed by atoms with Crippen molar-refractivity contribution in [2.24, 2.45) is 0 Å². The first-order valence-electron chi connectivity index (χ1n) is 5.11. The summed E-state index contributed by atoms with van der Waals surface area (Å²) in [6.45, 7) is 6.23. The molecule has 0 heterocycles. The lowest BCUT2D eigenvalue weighted by Crippen LogP contribution is -2.43. The molecule has 0 saturated carbocycles. The average Bonchev–Trinajstić information content (AvgIpc) is 2.13. The molecule has 4 nitrogen and oxygen atoms in total. The normalized spacial score (nSPS) is 10.9. The Bertz CT molecular complexity index is 224. The Morgan fingerprint density at radius 1 is 1.27 bits per heavy atom. The molecular weight excluding hydrogens is 260 g/mol. The summed E-state index contributed by atoms with van der Waals surface area (Å²) < 4.78 is -0.628. The minimum absolute atomic E-state index is 0.0393. The first-order chi connectivity index (χ1) is 6.88. The highest BCUT2D eigenvalue weighted by atomic mass is 79.9. The molecule has 0 bridgehead atoms. The van der Waals surface area contributed by atoms with Crippen LogP contribution in [0.1, 0.15) is 33.6 Å². The van der Waals surface area contributed by atoms with E-state index in [0.717, 1.165) is 12.8 Å². The number of halogens is 1. The zero-order chi connectivity index (χ0) is 11.9. The fourth-order valence-electron chi connectivity index (χ4n) is 0.838. The maximum absolute atomic E-state index is 11.4. The predicted octanol–water partition coefficient (Wildman–Crippen LogP) is 1.19. The lowest BCUT2D eigenvalue weighted by molar-refractivity contribution is -0.126. The van der Waals surface area contributed by atoms with Gasteiger partial charge in [0.15, 0.2) is 0 Å². The van der Waals surface area contributed by atoms with E-state index in [-0.39, 0.29) is 18.4 Å². The smallest absolute Gasteiger partial charge is 0.239 e. The first kappa shape index (κ1) is 14.4. The summed E-state index contributed by atoms with van der Waals surface area (Å²) in [6.07, 6.45) is 2.00. The van der Waals surface area contributed by atoms with Crippen molar-refractivity contribution in [1.29, 1.82) is 0 Å². The molecule has 15 heavy (non-hydrogen) atoms. The van der Waals surface area contributed by atoms with Gasteiger partial charge < -0.3 is 10.6 Å². The monoisotopic (exact) mass is 278 g/mol. The molecule has 2 amide bonds. The van der Waals surface area contributed by atoms with Crippen LogP contribution in [0.25, 0.3) is 0 Å². The van der Waals surface area contributed by atoms with Crippen LogP contribution in [0.2, 0.25) is 0 Å². The first-order valence-corrected chi connectivity index (χ1v) is 5.91. The highest BCUT2D eigenvalue weighted by molar-refractivity contribution is 9.10. The second-order valence-corrected chi connectivity index (χ2v) is 5.84. The van der Waals surface area contributed by atoms with Crippen molar-refractivity contribution < 1.29 is 9.59 Å². The zero-order valence-corrected chi connectivity index (χ0v) is 11.1. The molecule has 0 aromatic carbocycles. The van der Waals surface area contributed by atoms with Crippen LogP contribution in [-0.2, 0) is 9.59 Å². The summed E-state index contributed by atoms with van der Waals surface area (Å²) in [4.78, 5) is 22.6. The van der Waals surface area contributed by atoms with Gasteiger partial charge in [0.25, 0.3) is 0 Å². The number of amides is 2. The number of alkyl halides is 1. The Balaban J connectivity index is 3.67. The Hall–Kier alpha value is -0.580. The van der Waals surface area contributed by atoms with Crippen LogP contribution in [0, 0.1) is 0 Å². The van der Waals surface area contributed by atoms with Gasteiger partial charge in [0, 0.05) is 6.54 Å². The third-order valence-corrected chi connectivity index (χ3v) is 2.16. The van der Waals surface area contributed by atoms with Gasteiger partial charge in [0.1, 0.15) is 0 Å². The highest BCUT2D eigenvalue weighted by Crippen LogP contribution is 2.14. The minimum Gasteiger partial charge on any atom is -0.355 e. The number of rotatable bonds is 6. The summed E-state index contributed by atoms with van der Waals surface area (Å²) in [5.74, 6) is -0.332. The van der Waals surface area contributed by atoms with Gasteiger partial charge in [-0.25, -0.2) is 0 Å². The van der Waals surface area contributed by atoms with Crippen LogP contribution in [-0.4, -0.2) is 29.2 Å². The van der Waals surface area contributed by atoms with E-state index < -0.39 is 4.32 Å². The van der Waals surface area contributed by atoms with Crippen molar-refractivity contribution in [2.75, 3.05) is 13.1 Å². The maximum Gasteiger partial charge on any atom is 0.239 e. The van der Waals surface area contributed by atoms with Crippen molar-refractivity contribution in [2.45, 2.75) is 37.9 Å². The lowest BCUT2D eigenvalue weighted by atomic mass is 10.2. The number of carbonyl (C=O) groups is 2. The van der Waals surface area contributed by atoms with Gasteiger partial charge in [0.05, 0.1) is 10.9 Å². The predicted molar refractivity (Wildman–Crippen MR) is 63.9 cm³/mol. The van der Waals surface area contributed by atoms with E-state index in [2.05, 4.69) is 33.5 Å². The zero-order valence-electron chi connectivity index (χ0n) is 9.52. The van der Waals surface area contributed by atoms with Crippen molar-refractivity contribution in [3.63, 3.8) is 0 Å². The SMILES string of the molecule is CCCCNC(=O)CNC(=O)C(C)(C)Br. The second-order valence-electron chi connectivity index (χ2n) is 3.86. The minimum atomic E-state index is -0.628. The van der Waals surface area contributed by atoms with Gasteiger partial charge in [-0.3, -0.25) is 9.59 Å². The molecule has 88 valence electrons. The topological polar surface area (TPSA) is 58.2 Å². The molecule has 0 fully saturated rings. The third-order valence-electron chi connectivity index (χ3n) is 1.80. The number of nitrogens with one attached hydrogen (secondary N) is 2. The van der Waals surface area contributed by atoms with Crippen LogP contribution in [0.3, 0.4) is 0 Å². The van der Waals surface area contributed by atoms with Gasteiger partial charge >= 0.3 is 0 Å². The van der Waals surface area contributed by atoms with Gasteiger partial charge in [-0.05, 0) is 20.3 Å². The number of carbonyl (C=O) groups excluding carboxylic acids is 2. The number of unbranched alkanes of at least 4 members (excludes halogenated alkanes) is 1. The molecule has 0 aliphatic carbocycles. The van der Waals surface area contributed by atoms with Crippen molar-refractivity contribution in [3.05, 3.63) is 0 Å². The van der Waals surface area contributed by atoms with Crippen molar-refractivity contribution in [1.82, 2.24) is 10.6 Å². The summed E-state index contributed by atoms with van der Waals surface area (Å²) in [5, 5.41) is 5.27. The average molecular weight is 279 g/mol. The molecule has 0 unspecified atom stereocenters. The van der Waals surface area contributed by atoms with Gasteiger partial charge in [-0.15, -0.1) is 0 Å². The Morgan fingerprint density at radius 2 is 1.87 bits per heavy atom. The molecule has 0 atom stereocenters. The van der Waals surface area contributed by atoms with E-state index in [1.807, 2.05) is 0 Å². The quantitative estimate of drug-likeness (QED) is 0.567. The van der Waals surface area contributed by atoms with E-state index in [1.165, 1.54) is 0 Å². The van der Waals surface area contributed by atoms with Crippen molar-refractivity contribution >= 4 is 27.7 Å². The van der Waals surface area contributed by atoms with Gasteiger partial charge in [-0.2, -0.15) is 0 Å². The summed E-state index contributed by atoms with van der Waals surface area (Å²) in [5.41, 5.74) is 0. The molecule has 0 radical (unpaired) electrons. The van der Waals surface area contributed by atoms with Crippen LogP contribution in [0.15, 0.2) is 0 Å². The highest BCUT2D eigenvalue weighted by Gasteiger charge is 2.23. The van der Waals surface area contributed by atoms with E-state index in [1.54, 1.807) is 13.8 Å². The number of hydrogen-bond acceptors (Lipinski definition) is 2. The Kier molecular flexibility index (Phi) is 6.56. The molecule has 0 aromatic heterocycles. The van der Waals surface area contributed by atoms with Crippen LogP contribution in [0.4, 0.5) is 0 Å². The molecule has 0 saturated heterocycles. The van der Waals surface area contributed by atoms with E-state index in [4.69, 9.17) is 0 Å². The Labute approximate surface area is 99.3 Å². The molecule has 0 rings (SSSR count). The largest absolute Gasteiger partial charge is 0.355 e. The van der Waals surface area contributed by atoms with Crippen LogP contribution in [0.5, 0.6) is 0 Å². The lowest BCUT2D eigenvalue weighted by Gasteiger charge is -2.15. The van der Waals surface area contributed by atoms with Gasteiger partial charge in [-0.1, -0.05) is 29.3 Å². The molecule has 0 aromatic rings. The molecule has 5 heteroatoms. The summed E-state index contributed by atoms with van der Waals surface area (Å²) in [6, 6.07) is 0. The molecule has 0 spiro atoms. The summed E-state index contributed by atoms with van der Waals surface area (Å²) in [7, 11) is 0. The standard InChI is InChI=1S/C10H19BrN2O2/c1-4-5-6-12-8(14)7-13-9(15)10(2,3)11/h4-7H2,1-3H3,(H,12,14)(H,13,15). The van der Waals surface area contributed by atoms with E-state index in [0.29, 0.717) is 6.54 Å². The maximum atomic E-state index is 11.4. The third kappa shape index (κ3) is 7.36. The fraction of sp³-hybridized carbons (Fsp3) is 0.800. The van der Waals surface area contributed by atoms with Gasteiger partial charge in [0.2, 0.25) is 11.8 Å². The van der Waals surface area contributed by atoms with E-state index >= 15 is 0 Å². The second kappa shape index (κ2) is 6.82. The molecule has 2 N–H and O–H groups in total. The molecule has 0 aliphatic rings. The Morgan fingerprint density at radius 3 is 2.33 bits per heavy atom. The fourth-order valence-corrected chi connectivity index (χ4v) is 0.978. The molecule has 0 aliphatic heterocycles. The van der Waals surface area contributed by atoms with Crippen LogP contribution < -0.4 is 10.6 Å². The van der Waals surface area contributed by atoms with Crippen molar-refractivity contribution in [3.8, 4) is 0 Å². The van der Waals surface area contributed by atoms with Crippen LogP contribution >= 0.6 is 15.9 Å². The summed E-state index contributed by atoms with van der Waals surface area (Å²) >= 11 is 3.21.